The van der Waals surface area contributed by atoms with Crippen LogP contribution in [0.15, 0.2) is 18.5 Å². The van der Waals surface area contributed by atoms with Gasteiger partial charge in [-0.05, 0) is 19.9 Å². The van der Waals surface area contributed by atoms with E-state index < -0.39 is 15.3 Å². The summed E-state index contributed by atoms with van der Waals surface area (Å²) < 4.78 is 33.2. The molecular weight excluding hydrogens is 488 g/mol. The number of thiophene rings is 1. The van der Waals surface area contributed by atoms with E-state index in [0.717, 1.165) is 35.7 Å². The highest BCUT2D eigenvalue weighted by Crippen LogP contribution is 2.35. The molecule has 0 bridgehead atoms. The zero-order chi connectivity index (χ0) is 24.6. The molecular formula is C22H30N8O3S2. The standard InChI is InChI=1S/C22H30N8O3S2/c1-15(2)35(31,32)30-5-3-28(4-6-30)14-17-11-18-19(34-17)21(29-7-9-33-10-8-29)27-20(26-18)16-12-24-22(23)25-13-16/h11-13,15H,3-10,14H2,1-2H3,(H2,23,24,25). The zero-order valence-electron chi connectivity index (χ0n) is 19.9. The Balaban J connectivity index is 1.41. The van der Waals surface area contributed by atoms with Gasteiger partial charge in [0.05, 0.1) is 34.2 Å². The van der Waals surface area contributed by atoms with Crippen molar-refractivity contribution >= 4 is 43.3 Å². The Morgan fingerprint density at radius 3 is 2.40 bits per heavy atom. The number of nitrogen functional groups attached to an aromatic ring is 1. The Morgan fingerprint density at radius 2 is 1.74 bits per heavy atom. The average Bonchev–Trinajstić information content (AvgIpc) is 3.27. The van der Waals surface area contributed by atoms with Gasteiger partial charge in [-0.2, -0.15) is 4.31 Å². The molecule has 0 spiro atoms. The molecule has 35 heavy (non-hydrogen) atoms. The minimum Gasteiger partial charge on any atom is -0.378 e. The number of hydrogen-bond donors (Lipinski definition) is 1. The zero-order valence-corrected chi connectivity index (χ0v) is 21.6. The normalized spacial score (nSPS) is 18.5. The Kier molecular flexibility index (Phi) is 6.86. The molecule has 5 heterocycles. The molecule has 11 nitrogen and oxygen atoms in total. The second kappa shape index (κ2) is 9.90. The van der Waals surface area contributed by atoms with Gasteiger partial charge in [0, 0.05) is 63.1 Å². The topological polar surface area (TPSA) is 131 Å². The first-order chi connectivity index (χ1) is 16.8. The molecule has 0 saturated carbocycles. The van der Waals surface area contributed by atoms with Gasteiger partial charge in [-0.25, -0.2) is 28.4 Å². The van der Waals surface area contributed by atoms with Crippen molar-refractivity contribution in [2.75, 3.05) is 63.1 Å². The van der Waals surface area contributed by atoms with Crippen LogP contribution >= 0.6 is 11.3 Å². The van der Waals surface area contributed by atoms with Gasteiger partial charge in [0.25, 0.3) is 0 Å². The number of fused-ring (bicyclic) bond motifs is 1. The first-order valence-corrected chi connectivity index (χ1v) is 14.1. The Hall–Kier alpha value is -2.45. The van der Waals surface area contributed by atoms with E-state index in [1.807, 2.05) is 0 Å². The fraction of sp³-hybridized carbons (Fsp3) is 0.545. The summed E-state index contributed by atoms with van der Waals surface area (Å²) in [4.78, 5) is 23.6. The first kappa shape index (κ1) is 24.3. The molecule has 3 aromatic rings. The third-order valence-electron chi connectivity index (χ3n) is 6.31. The fourth-order valence-electron chi connectivity index (χ4n) is 4.27. The van der Waals surface area contributed by atoms with Crippen LogP contribution in [0.1, 0.15) is 18.7 Å². The SMILES string of the molecule is CC(C)S(=O)(=O)N1CCN(Cc2cc3nc(-c4cnc(N)nc4)nc(N4CCOCC4)c3s2)CC1. The second-order valence-corrected chi connectivity index (χ2v) is 12.6. The van der Waals surface area contributed by atoms with Crippen LogP contribution in [0, 0.1) is 0 Å². The maximum absolute atomic E-state index is 12.5. The molecule has 0 unspecified atom stereocenters. The lowest BCUT2D eigenvalue weighted by atomic mass is 10.3. The highest BCUT2D eigenvalue weighted by Gasteiger charge is 2.29. The highest BCUT2D eigenvalue weighted by atomic mass is 32.2. The van der Waals surface area contributed by atoms with Crippen molar-refractivity contribution in [2.45, 2.75) is 25.6 Å². The number of morpholine rings is 1. The fourth-order valence-corrected chi connectivity index (χ4v) is 6.70. The van der Waals surface area contributed by atoms with E-state index in [-0.39, 0.29) is 5.95 Å². The van der Waals surface area contributed by atoms with Crippen LogP contribution in [0.25, 0.3) is 21.6 Å². The van der Waals surface area contributed by atoms with Gasteiger partial charge < -0.3 is 15.4 Å². The summed E-state index contributed by atoms with van der Waals surface area (Å²) >= 11 is 1.70. The quantitative estimate of drug-likeness (QED) is 0.511. The molecule has 5 rings (SSSR count). The van der Waals surface area contributed by atoms with Crippen LogP contribution in [0.2, 0.25) is 0 Å². The number of anilines is 2. The number of hydrogen-bond acceptors (Lipinski definition) is 11. The van der Waals surface area contributed by atoms with Gasteiger partial charge in [0.1, 0.15) is 0 Å². The Morgan fingerprint density at radius 1 is 1.06 bits per heavy atom. The molecule has 2 fully saturated rings. The highest BCUT2D eigenvalue weighted by molar-refractivity contribution is 7.89. The number of ether oxygens (including phenoxy) is 1. The smallest absolute Gasteiger partial charge is 0.219 e. The molecule has 2 N–H and O–H groups in total. The molecule has 2 saturated heterocycles. The van der Waals surface area contributed by atoms with Crippen molar-refractivity contribution in [1.82, 2.24) is 29.1 Å². The van der Waals surface area contributed by atoms with Gasteiger partial charge in [-0.15, -0.1) is 11.3 Å². The number of piperazine rings is 1. The molecule has 2 aliphatic rings. The minimum absolute atomic E-state index is 0.211. The van der Waals surface area contributed by atoms with Crippen molar-refractivity contribution in [3.63, 3.8) is 0 Å². The van der Waals surface area contributed by atoms with Crippen molar-refractivity contribution in [1.29, 1.82) is 0 Å². The monoisotopic (exact) mass is 518 g/mol. The third-order valence-corrected chi connectivity index (χ3v) is 9.69. The lowest BCUT2D eigenvalue weighted by Crippen LogP contribution is -2.49. The average molecular weight is 519 g/mol. The van der Waals surface area contributed by atoms with Crippen molar-refractivity contribution < 1.29 is 13.2 Å². The number of nitrogens with zero attached hydrogens (tertiary/aromatic N) is 7. The van der Waals surface area contributed by atoms with Gasteiger partial charge in [-0.1, -0.05) is 0 Å². The summed E-state index contributed by atoms with van der Waals surface area (Å²) in [6, 6.07) is 2.12. The van der Waals surface area contributed by atoms with E-state index in [1.54, 1.807) is 41.9 Å². The lowest BCUT2D eigenvalue weighted by Gasteiger charge is -2.34. The molecule has 0 aromatic carbocycles. The van der Waals surface area contributed by atoms with Crippen LogP contribution in [0.5, 0.6) is 0 Å². The van der Waals surface area contributed by atoms with E-state index in [0.29, 0.717) is 50.8 Å². The van der Waals surface area contributed by atoms with Crippen LogP contribution < -0.4 is 10.6 Å². The molecule has 3 aromatic heterocycles. The lowest BCUT2D eigenvalue weighted by molar-refractivity contribution is 0.122. The summed E-state index contributed by atoms with van der Waals surface area (Å²) in [5, 5.41) is -0.394. The van der Waals surface area contributed by atoms with Crippen molar-refractivity contribution in [2.24, 2.45) is 0 Å². The largest absolute Gasteiger partial charge is 0.378 e. The van der Waals surface area contributed by atoms with E-state index in [2.05, 4.69) is 25.8 Å². The summed E-state index contributed by atoms with van der Waals surface area (Å²) in [5.41, 5.74) is 7.25. The van der Waals surface area contributed by atoms with Crippen molar-refractivity contribution in [3.05, 3.63) is 23.3 Å². The minimum atomic E-state index is -3.21. The van der Waals surface area contributed by atoms with Gasteiger partial charge in [-0.3, -0.25) is 4.90 Å². The number of rotatable bonds is 6. The maximum Gasteiger partial charge on any atom is 0.219 e. The second-order valence-electron chi connectivity index (χ2n) is 9.00. The maximum atomic E-state index is 12.5. The van der Waals surface area contributed by atoms with Gasteiger partial charge >= 0.3 is 0 Å². The molecule has 0 amide bonds. The Labute approximate surface area is 209 Å². The molecule has 0 radical (unpaired) electrons. The van der Waals surface area contributed by atoms with E-state index >= 15 is 0 Å². The molecule has 0 atom stereocenters. The third kappa shape index (κ3) is 5.09. The summed E-state index contributed by atoms with van der Waals surface area (Å²) in [6.07, 6.45) is 3.29. The van der Waals surface area contributed by atoms with Crippen LogP contribution in [-0.4, -0.2) is 95.3 Å². The van der Waals surface area contributed by atoms with Gasteiger partial charge in [0.15, 0.2) is 11.6 Å². The predicted octanol–water partition coefficient (Wildman–Crippen LogP) is 1.42. The van der Waals surface area contributed by atoms with E-state index in [4.69, 9.17) is 20.4 Å². The van der Waals surface area contributed by atoms with Crippen molar-refractivity contribution in [3.8, 4) is 11.4 Å². The van der Waals surface area contributed by atoms with E-state index in [1.165, 1.54) is 4.88 Å². The summed E-state index contributed by atoms with van der Waals surface area (Å²) in [6.45, 7) is 9.52. The molecule has 2 aliphatic heterocycles. The van der Waals surface area contributed by atoms with Crippen LogP contribution in [0.3, 0.4) is 0 Å². The van der Waals surface area contributed by atoms with Crippen LogP contribution in [0.4, 0.5) is 11.8 Å². The molecule has 13 heteroatoms. The summed E-state index contributed by atoms with van der Waals surface area (Å²) in [7, 11) is -3.21. The number of nitrogens with two attached hydrogens (primary N) is 1. The Bertz CT molecular complexity index is 1280. The molecule has 0 aliphatic carbocycles. The number of aromatic nitrogens is 4. The van der Waals surface area contributed by atoms with Crippen LogP contribution in [-0.2, 0) is 21.3 Å². The predicted molar refractivity (Wildman–Crippen MR) is 137 cm³/mol. The number of sulfonamides is 1. The first-order valence-electron chi connectivity index (χ1n) is 11.7. The summed E-state index contributed by atoms with van der Waals surface area (Å²) in [5.74, 6) is 1.67. The van der Waals surface area contributed by atoms with Gasteiger partial charge in [0.2, 0.25) is 16.0 Å². The molecule has 188 valence electrons. The van der Waals surface area contributed by atoms with E-state index in [9.17, 15) is 8.42 Å².